The number of aromatic nitrogens is 2. The van der Waals surface area contributed by atoms with Crippen molar-refractivity contribution < 1.29 is 20.1 Å². The first-order chi connectivity index (χ1) is 15.1. The van der Waals surface area contributed by atoms with E-state index >= 15 is 0 Å². The summed E-state index contributed by atoms with van der Waals surface area (Å²) < 4.78 is 7.54. The largest absolute Gasteiger partial charge is 0.394 e. The number of aliphatic hydroxyl groups excluding tert-OH is 3. The van der Waals surface area contributed by atoms with Crippen molar-refractivity contribution in [3.05, 3.63) is 68.0 Å². The van der Waals surface area contributed by atoms with Crippen LogP contribution in [0.25, 0.3) is 0 Å². The third kappa shape index (κ3) is 6.87. The summed E-state index contributed by atoms with van der Waals surface area (Å²) in [6.45, 7) is 7.89. The summed E-state index contributed by atoms with van der Waals surface area (Å²) in [6.07, 6.45) is 6.44. The van der Waals surface area contributed by atoms with Gasteiger partial charge in [-0.15, -0.1) is 0 Å². The van der Waals surface area contributed by atoms with Gasteiger partial charge >= 0.3 is 5.69 Å². The molecule has 0 spiro atoms. The second-order valence-corrected chi connectivity index (χ2v) is 8.64. The summed E-state index contributed by atoms with van der Waals surface area (Å²) in [6, 6.07) is 1.22. The maximum atomic E-state index is 12.8. The van der Waals surface area contributed by atoms with Crippen molar-refractivity contribution in [1.29, 1.82) is 0 Å². The van der Waals surface area contributed by atoms with Gasteiger partial charge in [-0.3, -0.25) is 13.9 Å². The van der Waals surface area contributed by atoms with E-state index in [4.69, 9.17) is 4.74 Å². The predicted molar refractivity (Wildman–Crippen MR) is 123 cm³/mol. The third-order valence-corrected chi connectivity index (χ3v) is 5.63. The van der Waals surface area contributed by atoms with Gasteiger partial charge in [-0.25, -0.2) is 4.79 Å². The van der Waals surface area contributed by atoms with Gasteiger partial charge in [0.05, 0.1) is 6.61 Å². The van der Waals surface area contributed by atoms with Crippen LogP contribution in [0.4, 0.5) is 0 Å². The average molecular weight is 449 g/mol. The third-order valence-electron chi connectivity index (χ3n) is 5.63. The van der Waals surface area contributed by atoms with Crippen molar-refractivity contribution in [2.24, 2.45) is 0 Å². The molecule has 4 atom stereocenters. The van der Waals surface area contributed by atoms with E-state index in [9.17, 15) is 24.9 Å². The molecular formula is C24H36N2O6. The molecule has 8 heteroatoms. The molecule has 1 aromatic rings. The van der Waals surface area contributed by atoms with Crippen LogP contribution in [-0.4, -0.2) is 49.4 Å². The zero-order chi connectivity index (χ0) is 23.8. The first kappa shape index (κ1) is 26.0. The van der Waals surface area contributed by atoms with Crippen LogP contribution >= 0.6 is 0 Å². The fourth-order valence-electron chi connectivity index (χ4n) is 3.59. The van der Waals surface area contributed by atoms with E-state index in [0.29, 0.717) is 0 Å². The quantitative estimate of drug-likeness (QED) is 0.472. The lowest BCUT2D eigenvalue weighted by atomic mass is 10.1. The minimum absolute atomic E-state index is 0.0996. The molecule has 1 saturated heterocycles. The number of rotatable bonds is 10. The van der Waals surface area contributed by atoms with Gasteiger partial charge in [-0.05, 0) is 53.4 Å². The Morgan fingerprint density at radius 2 is 1.62 bits per heavy atom. The molecule has 0 aliphatic carbocycles. The van der Waals surface area contributed by atoms with Crippen molar-refractivity contribution in [2.45, 2.75) is 84.5 Å². The molecule has 2 heterocycles. The van der Waals surface area contributed by atoms with E-state index in [1.54, 1.807) is 0 Å². The predicted octanol–water partition coefficient (Wildman–Crippen LogP) is 2.04. The smallest absolute Gasteiger partial charge is 0.333 e. The van der Waals surface area contributed by atoms with Gasteiger partial charge in [-0.2, -0.15) is 0 Å². The van der Waals surface area contributed by atoms with Crippen LogP contribution in [0, 0.1) is 0 Å². The number of nitrogens with zero attached hydrogens (tertiary/aromatic N) is 2. The van der Waals surface area contributed by atoms with E-state index in [0.717, 1.165) is 40.4 Å². The number of allylic oxidation sites excluding steroid dienone is 6. The molecule has 1 aliphatic heterocycles. The Morgan fingerprint density at radius 3 is 2.22 bits per heavy atom. The van der Waals surface area contributed by atoms with Gasteiger partial charge in [-0.1, -0.05) is 34.9 Å². The fraction of sp³-hybridized carbons (Fsp3) is 0.583. The summed E-state index contributed by atoms with van der Waals surface area (Å²) in [5.74, 6) is 0. The van der Waals surface area contributed by atoms with E-state index in [1.807, 2.05) is 13.0 Å². The van der Waals surface area contributed by atoms with Gasteiger partial charge in [0.15, 0.2) is 6.23 Å². The van der Waals surface area contributed by atoms with Crippen molar-refractivity contribution in [2.75, 3.05) is 6.61 Å². The molecule has 0 unspecified atom stereocenters. The van der Waals surface area contributed by atoms with E-state index < -0.39 is 42.4 Å². The monoisotopic (exact) mass is 448 g/mol. The molecule has 0 radical (unpaired) electrons. The Morgan fingerprint density at radius 1 is 1.00 bits per heavy atom. The Labute approximate surface area is 188 Å². The normalized spacial score (nSPS) is 24.1. The van der Waals surface area contributed by atoms with Crippen molar-refractivity contribution in [3.8, 4) is 0 Å². The minimum Gasteiger partial charge on any atom is -0.394 e. The fourth-order valence-corrected chi connectivity index (χ4v) is 3.59. The van der Waals surface area contributed by atoms with Crippen LogP contribution in [-0.2, 0) is 11.3 Å². The van der Waals surface area contributed by atoms with Crippen molar-refractivity contribution in [1.82, 2.24) is 9.13 Å². The lowest BCUT2D eigenvalue weighted by molar-refractivity contribution is -0.0555. The molecule has 2 rings (SSSR count). The lowest BCUT2D eigenvalue weighted by Crippen LogP contribution is -2.42. The molecule has 1 fully saturated rings. The van der Waals surface area contributed by atoms with Crippen LogP contribution in [0.15, 0.2) is 56.8 Å². The molecular weight excluding hydrogens is 412 g/mol. The number of hydrogen-bond donors (Lipinski definition) is 3. The number of aliphatic hydroxyl groups is 3. The Balaban J connectivity index is 2.04. The van der Waals surface area contributed by atoms with E-state index in [-0.39, 0.29) is 6.54 Å². The first-order valence-corrected chi connectivity index (χ1v) is 11.0. The molecule has 32 heavy (non-hydrogen) atoms. The molecule has 178 valence electrons. The summed E-state index contributed by atoms with van der Waals surface area (Å²) >= 11 is 0. The zero-order valence-corrected chi connectivity index (χ0v) is 19.4. The minimum atomic E-state index is -1.39. The summed E-state index contributed by atoms with van der Waals surface area (Å²) in [5.41, 5.74) is 2.62. The molecule has 1 aromatic heterocycles. The zero-order valence-electron chi connectivity index (χ0n) is 19.4. The van der Waals surface area contributed by atoms with Crippen molar-refractivity contribution >= 4 is 0 Å². The molecule has 3 N–H and O–H groups in total. The lowest BCUT2D eigenvalue weighted by Gasteiger charge is -2.18. The summed E-state index contributed by atoms with van der Waals surface area (Å²) in [5, 5.41) is 29.4. The summed E-state index contributed by atoms with van der Waals surface area (Å²) in [7, 11) is 0. The highest BCUT2D eigenvalue weighted by molar-refractivity contribution is 5.06. The maximum Gasteiger partial charge on any atom is 0.333 e. The van der Waals surface area contributed by atoms with Crippen LogP contribution < -0.4 is 11.2 Å². The van der Waals surface area contributed by atoms with Gasteiger partial charge < -0.3 is 20.1 Å². The highest BCUT2D eigenvalue weighted by atomic mass is 16.6. The van der Waals surface area contributed by atoms with Crippen LogP contribution in [0.5, 0.6) is 0 Å². The number of ether oxygens (including phenoxy) is 1. The second kappa shape index (κ2) is 12.1. The SMILES string of the molecule is CC(C)=CCCC(C)=CCCC(C)=CCn1c(=O)ccn([C@@H]2O[C@H](CO)[C@@H](O)[C@H]2O)c1=O. The van der Waals surface area contributed by atoms with E-state index in [1.165, 1.54) is 23.4 Å². The number of hydrogen-bond acceptors (Lipinski definition) is 6. The van der Waals surface area contributed by atoms with Gasteiger partial charge in [0.2, 0.25) is 0 Å². The molecule has 8 nitrogen and oxygen atoms in total. The second-order valence-electron chi connectivity index (χ2n) is 8.64. The molecule has 0 saturated carbocycles. The van der Waals surface area contributed by atoms with Gasteiger partial charge in [0.25, 0.3) is 5.56 Å². The van der Waals surface area contributed by atoms with E-state index in [2.05, 4.69) is 32.9 Å². The molecule has 0 bridgehead atoms. The van der Waals surface area contributed by atoms with Crippen LogP contribution in [0.3, 0.4) is 0 Å². The van der Waals surface area contributed by atoms with Gasteiger partial charge in [0, 0.05) is 18.8 Å². The maximum absolute atomic E-state index is 12.8. The van der Waals surface area contributed by atoms with Crippen molar-refractivity contribution in [3.63, 3.8) is 0 Å². The summed E-state index contributed by atoms with van der Waals surface area (Å²) in [4.78, 5) is 25.1. The van der Waals surface area contributed by atoms with Crippen LogP contribution in [0.2, 0.25) is 0 Å². The Hall–Kier alpha value is -2.26. The molecule has 1 aliphatic rings. The highest BCUT2D eigenvalue weighted by Gasteiger charge is 2.43. The van der Waals surface area contributed by atoms with Gasteiger partial charge in [0.1, 0.15) is 18.3 Å². The Bertz CT molecular complexity index is 967. The molecule has 0 amide bonds. The Kier molecular flexibility index (Phi) is 9.84. The topological polar surface area (TPSA) is 114 Å². The molecule has 0 aromatic carbocycles. The highest BCUT2D eigenvalue weighted by Crippen LogP contribution is 2.27. The first-order valence-electron chi connectivity index (χ1n) is 11.0. The van der Waals surface area contributed by atoms with Crippen LogP contribution in [0.1, 0.15) is 59.6 Å². The standard InChI is InChI=1S/C24H36N2O6/c1-16(2)7-5-8-17(3)9-6-10-18(4)11-13-25-20(28)12-14-26(24(25)31)23-22(30)21(29)19(15-27)32-23/h7,9,11-12,14,19,21-23,27,29-30H,5-6,8,10,13,15H2,1-4H3/t19-,21-,22-,23-/m1/s1. The average Bonchev–Trinajstić information content (AvgIpc) is 3.01.